The van der Waals surface area contributed by atoms with Crippen LogP contribution in [0.4, 0.5) is 0 Å². The molecule has 6 nitrogen and oxygen atoms in total. The zero-order chi connectivity index (χ0) is 10.8. The number of hydrazine groups is 1. The highest BCUT2D eigenvalue weighted by Crippen LogP contribution is 2.25. The van der Waals surface area contributed by atoms with Gasteiger partial charge in [0.1, 0.15) is 5.70 Å². The number of rotatable bonds is 2. The van der Waals surface area contributed by atoms with Gasteiger partial charge in [-0.25, -0.2) is 10.1 Å². The molecule has 2 heterocycles. The van der Waals surface area contributed by atoms with E-state index in [2.05, 4.69) is 0 Å². The fourth-order valence-corrected chi connectivity index (χ4v) is 1.42. The third kappa shape index (κ3) is 1.41. The van der Waals surface area contributed by atoms with E-state index in [1.165, 1.54) is 17.2 Å². The summed E-state index contributed by atoms with van der Waals surface area (Å²) < 4.78 is 0. The average molecular weight is 205 g/mol. The summed E-state index contributed by atoms with van der Waals surface area (Å²) in [6, 6.07) is 0. The fourth-order valence-electron chi connectivity index (χ4n) is 1.42. The second-order valence-corrected chi connectivity index (χ2v) is 2.88. The summed E-state index contributed by atoms with van der Waals surface area (Å²) in [6.45, 7) is 0. The summed E-state index contributed by atoms with van der Waals surface area (Å²) in [5.74, 6) is 0. The zero-order valence-electron chi connectivity index (χ0n) is 7.61. The molecule has 0 N–H and O–H groups in total. The first kappa shape index (κ1) is 9.20. The van der Waals surface area contributed by atoms with Crippen molar-refractivity contribution in [2.24, 2.45) is 0 Å². The molecule has 0 atom stereocenters. The highest BCUT2D eigenvalue weighted by atomic mass is 16.7. The van der Waals surface area contributed by atoms with E-state index in [0.717, 1.165) is 5.01 Å². The van der Waals surface area contributed by atoms with Gasteiger partial charge in [-0.05, 0) is 24.3 Å². The first-order valence-electron chi connectivity index (χ1n) is 4.18. The van der Waals surface area contributed by atoms with E-state index >= 15 is 0 Å². The Labute approximate surface area is 85.2 Å². The molecule has 0 fully saturated rings. The molecule has 2 aliphatic heterocycles. The van der Waals surface area contributed by atoms with Crippen LogP contribution in [0, 0.1) is 10.1 Å². The van der Waals surface area contributed by atoms with Gasteiger partial charge in [-0.15, -0.1) is 0 Å². The van der Waals surface area contributed by atoms with E-state index in [-0.39, 0.29) is 0 Å². The van der Waals surface area contributed by atoms with Crippen LogP contribution in [0.25, 0.3) is 0 Å². The molecule has 0 aromatic rings. The molecule has 76 valence electrons. The summed E-state index contributed by atoms with van der Waals surface area (Å²) in [5, 5.41) is 11.0. The van der Waals surface area contributed by atoms with Gasteiger partial charge in [-0.2, -0.15) is 0 Å². The number of fused-ring (bicyclic) bond motifs is 1. The maximum atomic E-state index is 10.7. The number of carbonyl (C=O) groups is 1. The van der Waals surface area contributed by atoms with Crippen molar-refractivity contribution in [2.75, 3.05) is 0 Å². The number of nitrogens with zero attached hydrogens (tertiary/aromatic N) is 3. The maximum absolute atomic E-state index is 10.7. The monoisotopic (exact) mass is 205 g/mol. The second kappa shape index (κ2) is 3.41. The van der Waals surface area contributed by atoms with Gasteiger partial charge in [0.05, 0.1) is 11.9 Å². The van der Waals surface area contributed by atoms with Gasteiger partial charge in [0.2, 0.25) is 6.41 Å². The largest absolute Gasteiger partial charge is 0.288 e. The van der Waals surface area contributed by atoms with E-state index in [9.17, 15) is 14.9 Å². The van der Waals surface area contributed by atoms with Crippen LogP contribution < -0.4 is 0 Å². The molecule has 0 saturated heterocycles. The van der Waals surface area contributed by atoms with Crippen LogP contribution in [-0.2, 0) is 4.79 Å². The van der Waals surface area contributed by atoms with Gasteiger partial charge in [-0.1, -0.05) is 5.01 Å². The molecule has 0 aliphatic carbocycles. The lowest BCUT2D eigenvalue weighted by Gasteiger charge is -2.25. The van der Waals surface area contributed by atoms with Crippen LogP contribution in [0.2, 0.25) is 0 Å². The summed E-state index contributed by atoms with van der Waals surface area (Å²) in [4.78, 5) is 22.7. The molecule has 2 aliphatic rings. The lowest BCUT2D eigenvalue weighted by molar-refractivity contribution is -0.628. The topological polar surface area (TPSA) is 66.7 Å². The van der Waals surface area contributed by atoms with Crippen LogP contribution in [0.3, 0.4) is 0 Å². The smallest absolute Gasteiger partial charge is 0.218 e. The molecule has 0 aromatic carbocycles. The molecule has 0 aromatic heterocycles. The van der Waals surface area contributed by atoms with E-state index in [0.29, 0.717) is 17.8 Å². The number of hydrogen-bond donors (Lipinski definition) is 0. The average Bonchev–Trinajstić information content (AvgIpc) is 2.27. The van der Waals surface area contributed by atoms with Crippen LogP contribution in [-0.4, -0.2) is 21.4 Å². The minimum atomic E-state index is -0.544. The molecular weight excluding hydrogens is 198 g/mol. The Bertz CT molecular complexity index is 434. The molecule has 2 rings (SSSR count). The predicted molar refractivity (Wildman–Crippen MR) is 51.2 cm³/mol. The third-order valence-corrected chi connectivity index (χ3v) is 2.06. The highest BCUT2D eigenvalue weighted by molar-refractivity contribution is 5.59. The standard InChI is InChI=1S/C9H7N3O3/c13-7-10-5-1-4-9-8(10)3-2-6-11(9)12(14)15/h1-7H. The second-order valence-electron chi connectivity index (χ2n) is 2.88. The lowest BCUT2D eigenvalue weighted by Crippen LogP contribution is -2.32. The van der Waals surface area contributed by atoms with E-state index in [1.807, 2.05) is 0 Å². The summed E-state index contributed by atoms with van der Waals surface area (Å²) in [5.41, 5.74) is 0.865. The fraction of sp³-hybridized carbons (Fsp3) is 0. The molecule has 0 radical (unpaired) electrons. The normalized spacial score (nSPS) is 18.1. The minimum absolute atomic E-state index is 0.372. The quantitative estimate of drug-likeness (QED) is 0.379. The van der Waals surface area contributed by atoms with Gasteiger partial charge in [0.25, 0.3) is 0 Å². The Morgan fingerprint density at radius 2 is 1.87 bits per heavy atom. The molecule has 0 unspecified atom stereocenters. The van der Waals surface area contributed by atoms with Crippen molar-refractivity contribution < 1.29 is 9.83 Å². The van der Waals surface area contributed by atoms with Gasteiger partial charge < -0.3 is 0 Å². The number of allylic oxidation sites excluding steroid dienone is 4. The van der Waals surface area contributed by atoms with E-state index < -0.39 is 5.03 Å². The number of carbonyl (C=O) groups excluding carboxylic acids is 1. The summed E-state index contributed by atoms with van der Waals surface area (Å²) >= 11 is 0. The van der Waals surface area contributed by atoms with Crippen molar-refractivity contribution >= 4 is 6.41 Å². The number of hydrogen-bond acceptors (Lipinski definition) is 3. The SMILES string of the molecule is O=CN1C=CC=C2C1=CC=CN2[N+](=O)[O-]. The molecule has 15 heavy (non-hydrogen) atoms. The Balaban J connectivity index is 2.43. The van der Waals surface area contributed by atoms with Crippen molar-refractivity contribution in [1.29, 1.82) is 0 Å². The summed E-state index contributed by atoms with van der Waals surface area (Å²) in [7, 11) is 0. The van der Waals surface area contributed by atoms with E-state index in [4.69, 9.17) is 0 Å². The molecule has 0 bridgehead atoms. The molecule has 1 amide bonds. The van der Waals surface area contributed by atoms with Crippen molar-refractivity contribution in [2.45, 2.75) is 0 Å². The molecular formula is C9H7N3O3. The maximum Gasteiger partial charge on any atom is 0.218 e. The Hall–Kier alpha value is -2.37. The summed E-state index contributed by atoms with van der Waals surface area (Å²) in [6.07, 6.45) is 9.80. The van der Waals surface area contributed by atoms with Crippen molar-refractivity contribution in [3.63, 3.8) is 0 Å². The van der Waals surface area contributed by atoms with Crippen molar-refractivity contribution in [3.8, 4) is 0 Å². The Kier molecular flexibility index (Phi) is 2.09. The molecule has 6 heteroatoms. The van der Waals surface area contributed by atoms with Crippen LogP contribution in [0.5, 0.6) is 0 Å². The van der Waals surface area contributed by atoms with Gasteiger partial charge in [0.15, 0.2) is 5.03 Å². The van der Waals surface area contributed by atoms with Crippen molar-refractivity contribution in [1.82, 2.24) is 9.91 Å². The molecule has 0 saturated carbocycles. The number of nitro groups is 1. The van der Waals surface area contributed by atoms with Crippen LogP contribution >= 0.6 is 0 Å². The Morgan fingerprint density at radius 3 is 2.53 bits per heavy atom. The van der Waals surface area contributed by atoms with Gasteiger partial charge >= 0.3 is 0 Å². The minimum Gasteiger partial charge on any atom is -0.288 e. The highest BCUT2D eigenvalue weighted by Gasteiger charge is 2.27. The first-order valence-corrected chi connectivity index (χ1v) is 4.18. The van der Waals surface area contributed by atoms with Gasteiger partial charge in [-0.3, -0.25) is 9.69 Å². The predicted octanol–water partition coefficient (Wildman–Crippen LogP) is 0.761. The van der Waals surface area contributed by atoms with Crippen LogP contribution in [0.1, 0.15) is 0 Å². The van der Waals surface area contributed by atoms with Crippen LogP contribution in [0.15, 0.2) is 48.1 Å². The van der Waals surface area contributed by atoms with Crippen molar-refractivity contribution in [3.05, 3.63) is 58.2 Å². The lowest BCUT2D eigenvalue weighted by atomic mass is 10.1. The van der Waals surface area contributed by atoms with Gasteiger partial charge in [0, 0.05) is 6.20 Å². The molecule has 0 spiro atoms. The van der Waals surface area contributed by atoms with E-state index in [1.54, 1.807) is 24.4 Å². The third-order valence-electron chi connectivity index (χ3n) is 2.06. The Morgan fingerprint density at radius 1 is 1.20 bits per heavy atom. The first-order chi connectivity index (χ1) is 7.24. The zero-order valence-corrected chi connectivity index (χ0v) is 7.61. The number of amides is 1.